The summed E-state index contributed by atoms with van der Waals surface area (Å²) in [4.78, 5) is 30.7. The average Bonchev–Trinajstić information content (AvgIpc) is 2.83. The van der Waals surface area contributed by atoms with Crippen LogP contribution in [0, 0.1) is 0 Å². The van der Waals surface area contributed by atoms with Crippen molar-refractivity contribution in [1.29, 1.82) is 0 Å². The van der Waals surface area contributed by atoms with Crippen LogP contribution < -0.4 is 15.0 Å². The van der Waals surface area contributed by atoms with Crippen molar-refractivity contribution in [2.45, 2.75) is 13.5 Å². The van der Waals surface area contributed by atoms with E-state index in [1.807, 2.05) is 6.07 Å². The first-order chi connectivity index (χ1) is 16.3. The van der Waals surface area contributed by atoms with Gasteiger partial charge in [0.2, 0.25) is 0 Å². The molecule has 3 aromatic rings. The number of pyridine rings is 1. The highest BCUT2D eigenvalue weighted by Gasteiger charge is 2.19. The second kappa shape index (κ2) is 11.8. The second-order valence-electron chi connectivity index (χ2n) is 6.95. The van der Waals surface area contributed by atoms with Gasteiger partial charge < -0.3 is 14.4 Å². The Labute approximate surface area is 212 Å². The Morgan fingerprint density at radius 3 is 2.32 bits per heavy atom. The van der Waals surface area contributed by atoms with Gasteiger partial charge in [0.05, 0.1) is 35.9 Å². The maximum atomic E-state index is 12.9. The highest BCUT2D eigenvalue weighted by atomic mass is 35.5. The summed E-state index contributed by atoms with van der Waals surface area (Å²) >= 11 is 17.9. The normalized spacial score (nSPS) is 10.4. The summed E-state index contributed by atoms with van der Waals surface area (Å²) in [7, 11) is 1.44. The molecule has 34 heavy (non-hydrogen) atoms. The van der Waals surface area contributed by atoms with E-state index < -0.39 is 11.9 Å². The van der Waals surface area contributed by atoms with Crippen LogP contribution >= 0.6 is 35.4 Å². The number of carbonyl (C=O) groups is 2. The van der Waals surface area contributed by atoms with Crippen molar-refractivity contribution in [2.75, 3.05) is 18.6 Å². The molecule has 0 saturated carbocycles. The van der Waals surface area contributed by atoms with Gasteiger partial charge >= 0.3 is 5.97 Å². The number of methoxy groups -OCH3 is 1. The molecule has 0 unspecified atom stereocenters. The highest BCUT2D eigenvalue weighted by Crippen LogP contribution is 2.33. The molecule has 10 heteroatoms. The van der Waals surface area contributed by atoms with E-state index in [0.29, 0.717) is 17.8 Å². The number of ether oxygens (including phenoxy) is 2. The van der Waals surface area contributed by atoms with Gasteiger partial charge in [-0.2, -0.15) is 0 Å². The van der Waals surface area contributed by atoms with E-state index in [1.165, 1.54) is 19.2 Å². The minimum absolute atomic E-state index is 0.140. The van der Waals surface area contributed by atoms with E-state index in [4.69, 9.17) is 44.9 Å². The third-order valence-electron chi connectivity index (χ3n) is 4.68. The van der Waals surface area contributed by atoms with Gasteiger partial charge in [0, 0.05) is 23.6 Å². The highest BCUT2D eigenvalue weighted by molar-refractivity contribution is 7.80. The molecule has 1 N–H and O–H groups in total. The van der Waals surface area contributed by atoms with Crippen molar-refractivity contribution < 1.29 is 19.1 Å². The zero-order valence-electron chi connectivity index (χ0n) is 18.4. The fraction of sp³-hybridized carbons (Fsp3) is 0.167. The van der Waals surface area contributed by atoms with Crippen LogP contribution in [-0.4, -0.2) is 35.7 Å². The van der Waals surface area contributed by atoms with E-state index in [1.54, 1.807) is 54.5 Å². The van der Waals surface area contributed by atoms with Crippen molar-refractivity contribution in [3.8, 4) is 5.75 Å². The van der Waals surface area contributed by atoms with Crippen molar-refractivity contribution >= 4 is 58.1 Å². The minimum atomic E-state index is -0.490. The molecule has 2 aromatic carbocycles. The third kappa shape index (κ3) is 6.22. The van der Waals surface area contributed by atoms with Crippen LogP contribution in [0.25, 0.3) is 0 Å². The van der Waals surface area contributed by atoms with Gasteiger partial charge in [0.1, 0.15) is 0 Å². The number of thiocarbonyl (C=S) groups is 1. The fourth-order valence-electron chi connectivity index (χ4n) is 3.07. The van der Waals surface area contributed by atoms with Crippen LogP contribution in [0.15, 0.2) is 60.9 Å². The van der Waals surface area contributed by atoms with Crippen LogP contribution in [0.4, 0.5) is 5.69 Å². The first kappa shape index (κ1) is 25.4. The molecule has 0 aliphatic carbocycles. The van der Waals surface area contributed by atoms with E-state index in [2.05, 4.69) is 10.3 Å². The Morgan fingerprint density at radius 2 is 1.76 bits per heavy atom. The molecule has 7 nitrogen and oxygen atoms in total. The van der Waals surface area contributed by atoms with Gasteiger partial charge in [-0.15, -0.1) is 0 Å². The van der Waals surface area contributed by atoms with Crippen molar-refractivity contribution in [1.82, 2.24) is 10.3 Å². The molecule has 1 amide bonds. The molecular weight excluding hydrogens is 497 g/mol. The number of rotatable bonds is 7. The maximum absolute atomic E-state index is 12.9. The Hall–Kier alpha value is -3.20. The summed E-state index contributed by atoms with van der Waals surface area (Å²) in [6.07, 6.45) is 3.37. The fourth-order valence-corrected chi connectivity index (χ4v) is 3.97. The van der Waals surface area contributed by atoms with E-state index in [9.17, 15) is 9.59 Å². The quantitative estimate of drug-likeness (QED) is 0.336. The molecule has 0 aliphatic heterocycles. The Balaban J connectivity index is 1.86. The number of nitrogens with zero attached hydrogens (tertiary/aromatic N) is 2. The molecule has 0 aliphatic rings. The summed E-state index contributed by atoms with van der Waals surface area (Å²) in [6, 6.07) is 13.3. The molecule has 0 bridgehead atoms. The smallest absolute Gasteiger partial charge is 0.338 e. The monoisotopic (exact) mass is 517 g/mol. The first-order valence-corrected chi connectivity index (χ1v) is 11.3. The zero-order chi connectivity index (χ0) is 24.7. The number of amides is 1. The molecule has 0 radical (unpaired) electrons. The van der Waals surface area contributed by atoms with Gasteiger partial charge in [-0.1, -0.05) is 29.3 Å². The minimum Gasteiger partial charge on any atom is -0.494 e. The van der Waals surface area contributed by atoms with Gasteiger partial charge in [0.15, 0.2) is 10.9 Å². The summed E-state index contributed by atoms with van der Waals surface area (Å²) in [6.45, 7) is 2.35. The Morgan fingerprint density at radius 1 is 1.09 bits per heavy atom. The molecule has 0 atom stereocenters. The van der Waals surface area contributed by atoms with Crippen molar-refractivity contribution in [2.24, 2.45) is 0 Å². The van der Waals surface area contributed by atoms with Crippen LogP contribution in [0.3, 0.4) is 0 Å². The molecule has 1 aromatic heterocycles. The lowest BCUT2D eigenvalue weighted by molar-refractivity contribution is 0.0526. The zero-order valence-corrected chi connectivity index (χ0v) is 20.7. The van der Waals surface area contributed by atoms with Crippen molar-refractivity contribution in [3.05, 3.63) is 87.7 Å². The topological polar surface area (TPSA) is 80.8 Å². The Kier molecular flexibility index (Phi) is 8.81. The van der Waals surface area contributed by atoms with Crippen LogP contribution in [0.1, 0.15) is 33.2 Å². The third-order valence-corrected chi connectivity index (χ3v) is 5.57. The number of nitrogens with one attached hydrogen (secondary N) is 1. The summed E-state index contributed by atoms with van der Waals surface area (Å²) in [5.74, 6) is -0.630. The average molecular weight is 518 g/mol. The number of hydrogen-bond donors (Lipinski definition) is 1. The standard InChI is InChI=1S/C24H21Cl2N3O4S/c1-3-33-23(31)16-6-8-18(9-7-16)29(14-15-5-4-10-27-13-15)24(34)28-22(30)17-11-19(25)21(32-2)20(26)12-17/h4-13H,3,14H2,1-2H3,(H,28,30,34). The number of hydrogen-bond acceptors (Lipinski definition) is 6. The molecule has 176 valence electrons. The number of esters is 1. The molecule has 0 saturated heterocycles. The second-order valence-corrected chi connectivity index (χ2v) is 8.15. The van der Waals surface area contributed by atoms with Gasteiger partial charge in [-0.25, -0.2) is 4.79 Å². The maximum Gasteiger partial charge on any atom is 0.338 e. The molecule has 3 rings (SSSR count). The van der Waals surface area contributed by atoms with Crippen LogP contribution in [0.5, 0.6) is 5.75 Å². The van der Waals surface area contributed by atoms with Gasteiger partial charge in [-0.05, 0) is 67.2 Å². The molecule has 0 spiro atoms. The first-order valence-electron chi connectivity index (χ1n) is 10.2. The predicted octanol–water partition coefficient (Wildman–Crippen LogP) is 5.30. The lowest BCUT2D eigenvalue weighted by atomic mass is 10.1. The van der Waals surface area contributed by atoms with E-state index >= 15 is 0 Å². The summed E-state index contributed by atoms with van der Waals surface area (Å²) in [5, 5.41) is 3.26. The lowest BCUT2D eigenvalue weighted by Crippen LogP contribution is -2.42. The number of aromatic nitrogens is 1. The molecule has 1 heterocycles. The Bertz CT molecular complexity index is 1170. The number of carbonyl (C=O) groups excluding carboxylic acids is 2. The largest absolute Gasteiger partial charge is 0.494 e. The van der Waals surface area contributed by atoms with Crippen LogP contribution in [-0.2, 0) is 11.3 Å². The molecular formula is C24H21Cl2N3O4S. The SMILES string of the molecule is CCOC(=O)c1ccc(N(Cc2cccnc2)C(=S)NC(=O)c2cc(Cl)c(OC)c(Cl)c2)cc1. The van der Waals surface area contributed by atoms with E-state index in [-0.39, 0.29) is 33.1 Å². The number of anilines is 1. The van der Waals surface area contributed by atoms with E-state index in [0.717, 1.165) is 5.56 Å². The number of benzene rings is 2. The van der Waals surface area contributed by atoms with Crippen LogP contribution in [0.2, 0.25) is 10.0 Å². The lowest BCUT2D eigenvalue weighted by Gasteiger charge is -2.26. The van der Waals surface area contributed by atoms with Gasteiger partial charge in [0.25, 0.3) is 5.91 Å². The predicted molar refractivity (Wildman–Crippen MR) is 136 cm³/mol. The van der Waals surface area contributed by atoms with Gasteiger partial charge in [-0.3, -0.25) is 15.1 Å². The summed E-state index contributed by atoms with van der Waals surface area (Å²) < 4.78 is 10.2. The van der Waals surface area contributed by atoms with Crippen molar-refractivity contribution in [3.63, 3.8) is 0 Å². The molecule has 0 fully saturated rings. The summed E-state index contributed by atoms with van der Waals surface area (Å²) in [5.41, 5.74) is 2.15. The number of halogens is 2.